The molecule has 0 amide bonds. The molecule has 23 nitrogen and oxygen atoms in total. The van der Waals surface area contributed by atoms with Gasteiger partial charge in [-0.15, -0.1) is 34.0 Å². The number of nitrogens with zero attached hydrogens (tertiary/aromatic N) is 15. The Balaban J connectivity index is -0.0000000828. The van der Waals surface area contributed by atoms with Gasteiger partial charge < -0.3 is 51.0 Å². The SMILES string of the molecule is C.C.C.C.C.C.C.C.C.C.C.C.C.C.C.Cc1cc(C)on1.Cc1cc(C)on1.Cc1cc(C)sn1.Cc1cc(C)sn1.Cc1ccc(C)[nH]1.Cc1ccc(C)n1C.Cc1ccc(C)o1.Cc1ccc(C)s1.Cc1cnc(C)[nH]1.Cc1cnc(C)[nH]1.Cc1cnc(C)n1C.Cc1cnc(C)n1C.Cc1cnc(C)o1.Cc1cnc(C)o1.Cc1cnc(C)s1.Cc1cnc(C)s1. The van der Waals surface area contributed by atoms with Crippen molar-refractivity contribution in [2.24, 2.45) is 21.1 Å². The summed E-state index contributed by atoms with van der Waals surface area (Å²) in [6.45, 7) is 63.6. The number of nitrogens with one attached hydrogen (secondary N) is 3. The number of aryl methyl sites for hydroxylation is 32. The van der Waals surface area contributed by atoms with E-state index in [1.54, 1.807) is 58.1 Å². The average molecular weight is 1910 g/mol. The first-order valence-electron chi connectivity index (χ1n) is 37.2. The molecule has 0 aliphatic heterocycles. The van der Waals surface area contributed by atoms with Crippen LogP contribution in [0.3, 0.4) is 0 Å². The lowest BCUT2D eigenvalue weighted by Crippen LogP contribution is -1.92. The van der Waals surface area contributed by atoms with Gasteiger partial charge in [-0.05, 0) is 291 Å². The molecule has 28 heteroatoms. The maximum Gasteiger partial charge on any atom is 0.191 e. The van der Waals surface area contributed by atoms with Crippen molar-refractivity contribution in [3.05, 3.63) is 300 Å². The molecule has 16 aromatic heterocycles. The summed E-state index contributed by atoms with van der Waals surface area (Å²) < 4.78 is 38.8. The predicted octanol–water partition coefficient (Wildman–Crippen LogP) is 33.4. The van der Waals surface area contributed by atoms with Crippen LogP contribution < -0.4 is 0 Å². The summed E-state index contributed by atoms with van der Waals surface area (Å²) in [4.78, 5) is 49.0. The van der Waals surface area contributed by atoms with Crippen molar-refractivity contribution in [3.8, 4) is 0 Å². The maximum absolute atomic E-state index is 5.08. The van der Waals surface area contributed by atoms with E-state index in [2.05, 4.69) is 199 Å². The fraction of sp³-hybridized carbons (Fsp3) is 0.490. The molecule has 16 aromatic rings. The number of H-pyrrole nitrogens is 3. The average Bonchev–Trinajstić information content (AvgIpc) is 1.77. The zero-order valence-corrected chi connectivity index (χ0v) is 78.9. The van der Waals surface area contributed by atoms with E-state index in [0.29, 0.717) is 0 Å². The van der Waals surface area contributed by atoms with E-state index in [9.17, 15) is 0 Å². The van der Waals surface area contributed by atoms with Crippen LogP contribution in [-0.4, -0.2) is 87.6 Å². The molecule has 0 aliphatic rings. The summed E-state index contributed by atoms with van der Waals surface area (Å²) in [5.41, 5.74) is 13.9. The van der Waals surface area contributed by atoms with Gasteiger partial charge in [-0.2, -0.15) is 8.75 Å². The molecule has 0 saturated heterocycles. The van der Waals surface area contributed by atoms with Gasteiger partial charge in [0, 0.05) is 159 Å². The molecule has 16 heterocycles. The second-order valence-electron chi connectivity index (χ2n) is 26.9. The minimum atomic E-state index is 0. The smallest absolute Gasteiger partial charge is 0.191 e. The van der Waals surface area contributed by atoms with E-state index in [1.165, 1.54) is 63.4 Å². The van der Waals surface area contributed by atoms with E-state index in [0.717, 1.165) is 114 Å². The highest BCUT2D eigenvalue weighted by molar-refractivity contribution is 7.12. The second-order valence-corrected chi connectivity index (χ2v) is 33.3. The molecule has 0 aromatic carbocycles. The number of imidazole rings is 4. The van der Waals surface area contributed by atoms with Crippen molar-refractivity contribution in [1.29, 1.82) is 0 Å². The van der Waals surface area contributed by atoms with Gasteiger partial charge in [-0.25, -0.2) is 39.9 Å². The number of thiophene rings is 1. The van der Waals surface area contributed by atoms with Crippen LogP contribution in [-0.2, 0) is 21.1 Å². The van der Waals surface area contributed by atoms with E-state index in [-0.39, 0.29) is 111 Å². The zero-order chi connectivity index (χ0) is 87.0. The van der Waals surface area contributed by atoms with Gasteiger partial charge in [0.25, 0.3) is 0 Å². The van der Waals surface area contributed by atoms with E-state index < -0.39 is 0 Å². The Kier molecular flexibility index (Phi) is 99.8. The van der Waals surface area contributed by atoms with Crippen LogP contribution in [0.2, 0.25) is 0 Å². The monoisotopic (exact) mass is 1910 g/mol. The van der Waals surface area contributed by atoms with Gasteiger partial charge in [0.1, 0.15) is 57.9 Å². The third-order valence-corrected chi connectivity index (χ3v) is 19.0. The van der Waals surface area contributed by atoms with Crippen LogP contribution in [0.4, 0.5) is 0 Å². The topological polar surface area (TPSA) is 283 Å². The molecular weight excluding hydrogens is 1720 g/mol. The Morgan fingerprint density at radius 2 is 0.569 bits per heavy atom. The van der Waals surface area contributed by atoms with Crippen LogP contribution >= 0.6 is 57.1 Å². The van der Waals surface area contributed by atoms with Crippen molar-refractivity contribution in [3.63, 3.8) is 0 Å². The minimum absolute atomic E-state index is 0. The highest BCUT2D eigenvalue weighted by Crippen LogP contribution is 2.14. The summed E-state index contributed by atoms with van der Waals surface area (Å²) in [6.07, 6.45) is 14.6. The lowest BCUT2D eigenvalue weighted by molar-refractivity contribution is 0.393. The largest absolute Gasteiger partial charge is 0.467 e. The van der Waals surface area contributed by atoms with Crippen molar-refractivity contribution in [2.75, 3.05) is 0 Å². The molecule has 0 atom stereocenters. The molecule has 0 unspecified atom stereocenters. The first-order valence-corrected chi connectivity index (χ1v) is 41.2. The molecule has 0 fully saturated rings. The van der Waals surface area contributed by atoms with Gasteiger partial charge >= 0.3 is 0 Å². The first-order chi connectivity index (χ1) is 53.9. The second kappa shape index (κ2) is 84.3. The Morgan fingerprint density at radius 3 is 0.646 bits per heavy atom. The van der Waals surface area contributed by atoms with Gasteiger partial charge in [-0.1, -0.05) is 122 Å². The molecular formula is C102H188N18O5S5. The number of oxazole rings is 2. The normalized spacial score (nSPS) is 8.42. The van der Waals surface area contributed by atoms with Crippen LogP contribution in [0.15, 0.2) is 145 Å². The molecule has 0 bridgehead atoms. The van der Waals surface area contributed by atoms with Crippen LogP contribution in [0, 0.1) is 222 Å². The van der Waals surface area contributed by atoms with Crippen LogP contribution in [0.1, 0.15) is 289 Å². The van der Waals surface area contributed by atoms with Crippen LogP contribution in [0.25, 0.3) is 0 Å². The lowest BCUT2D eigenvalue weighted by Gasteiger charge is -1.96. The van der Waals surface area contributed by atoms with Gasteiger partial charge in [0.2, 0.25) is 0 Å². The molecule has 3 N–H and O–H groups in total. The summed E-state index contributed by atoms with van der Waals surface area (Å²) >= 11 is 8.41. The van der Waals surface area contributed by atoms with Gasteiger partial charge in [-0.3, -0.25) is 0 Å². The molecule has 0 radical (unpaired) electrons. The van der Waals surface area contributed by atoms with Crippen molar-refractivity contribution < 1.29 is 22.3 Å². The summed E-state index contributed by atoms with van der Waals surface area (Å²) in [5, 5.41) is 9.58. The highest BCUT2D eigenvalue weighted by atomic mass is 32.1. The summed E-state index contributed by atoms with van der Waals surface area (Å²) in [7, 11) is 6.10. The number of thiazole rings is 2. The summed E-state index contributed by atoms with van der Waals surface area (Å²) in [6, 6.07) is 24.5. The quantitative estimate of drug-likeness (QED) is 0.127. The molecule has 0 saturated carbocycles. The molecule has 0 aliphatic carbocycles. The fourth-order valence-corrected chi connectivity index (χ4v) is 11.9. The van der Waals surface area contributed by atoms with E-state index >= 15 is 0 Å². The Bertz CT molecular complexity index is 3830. The third-order valence-electron chi connectivity index (χ3n) is 14.8. The number of hydrogen-bond acceptors (Lipinski definition) is 22. The zero-order valence-electron chi connectivity index (χ0n) is 74.8. The number of aromatic nitrogens is 18. The van der Waals surface area contributed by atoms with Gasteiger partial charge in [0.05, 0.1) is 45.2 Å². The molecule has 130 heavy (non-hydrogen) atoms. The van der Waals surface area contributed by atoms with Crippen molar-refractivity contribution in [1.82, 2.24) is 87.6 Å². The summed E-state index contributed by atoms with van der Waals surface area (Å²) in [5.74, 6) is 11.0. The van der Waals surface area contributed by atoms with Crippen LogP contribution in [0.5, 0.6) is 0 Å². The number of rotatable bonds is 0. The number of furan rings is 1. The lowest BCUT2D eigenvalue weighted by atomic mass is 10.4. The highest BCUT2D eigenvalue weighted by Gasteiger charge is 1.98. The first kappa shape index (κ1) is 154. The third kappa shape index (κ3) is 75.5. The minimum Gasteiger partial charge on any atom is -0.467 e. The molecule has 746 valence electrons. The standard InChI is InChI=1S/C7H11N.2C6H10N2.C6H9N.C6H8O.C6H8S.2C5H8N2.4C5H7NO.4C5H7NS.15CH4/c1-6-4-5-7(2)8(6)3;2*1-5-4-7-6(2)8(5)3;3*1-5-3-4-6(2)7-5;4*1-4-3-6-5(2)7-4;2*1-4-3-5(2)7-6-4;2*1-4-3-6-5(2)7-4;2*1-4-3-5(2)7-6-4;;;;;;;;;;;;;;;/h4-5H,1-3H3;2*4H,1-3H3;3-4,7H,1-2H3;2*3-4H,1-2H3;2*3H,1-2H3,(H,6,7);8*3H,1-2H3;15*1H4. The van der Waals surface area contributed by atoms with Gasteiger partial charge in [0.15, 0.2) is 11.8 Å². The van der Waals surface area contributed by atoms with Crippen molar-refractivity contribution in [2.45, 2.75) is 333 Å². The number of aromatic amines is 3. The Morgan fingerprint density at radius 1 is 0.246 bits per heavy atom. The Hall–Kier alpha value is -10.3. The fourth-order valence-electron chi connectivity index (χ4n) is 8.65. The molecule has 0 spiro atoms. The maximum atomic E-state index is 5.08. The number of hydrogen-bond donors (Lipinski definition) is 3. The Labute approximate surface area is 815 Å². The van der Waals surface area contributed by atoms with E-state index in [4.69, 9.17) is 22.3 Å². The predicted molar refractivity (Wildman–Crippen MR) is 580 cm³/mol. The van der Waals surface area contributed by atoms with Crippen molar-refractivity contribution >= 4 is 57.1 Å². The molecule has 16 rings (SSSR count). The van der Waals surface area contributed by atoms with E-state index in [1.807, 2.05) is 253 Å².